The number of halogens is 1. The summed E-state index contributed by atoms with van der Waals surface area (Å²) in [5.41, 5.74) is 0.440. The molecule has 0 spiro atoms. The molecular weight excluding hydrogens is 316 g/mol. The number of nitrogens with one attached hydrogen (secondary N) is 1. The Labute approximate surface area is 119 Å². The number of nitro benzene ring substituents is 1. The fourth-order valence-corrected chi connectivity index (χ4v) is 2.02. The summed E-state index contributed by atoms with van der Waals surface area (Å²) in [5.74, 6) is -0.832. The standard InChI is InChI=1S/C12H15BrN2O4/c1-8(3-2-4-12(16)17)14-10-6-5-9(13)7-11(10)15(18)19/h5-8,14H,2-4H2,1H3,(H,16,17). The second-order valence-corrected chi connectivity index (χ2v) is 5.17. The predicted molar refractivity (Wildman–Crippen MR) is 75.4 cm³/mol. The molecule has 7 heteroatoms. The van der Waals surface area contributed by atoms with Gasteiger partial charge in [0.1, 0.15) is 5.69 Å². The molecule has 2 N–H and O–H groups in total. The quantitative estimate of drug-likeness (QED) is 0.590. The summed E-state index contributed by atoms with van der Waals surface area (Å²) in [7, 11) is 0. The topological polar surface area (TPSA) is 92.5 Å². The van der Waals surface area contributed by atoms with Gasteiger partial charge in [-0.25, -0.2) is 0 Å². The predicted octanol–water partition coefficient (Wildman–Crippen LogP) is 3.41. The Hall–Kier alpha value is -1.63. The van der Waals surface area contributed by atoms with E-state index in [4.69, 9.17) is 5.11 Å². The number of nitro groups is 1. The van der Waals surface area contributed by atoms with Gasteiger partial charge >= 0.3 is 5.97 Å². The highest BCUT2D eigenvalue weighted by atomic mass is 79.9. The molecule has 0 aliphatic rings. The molecule has 0 aliphatic carbocycles. The Bertz CT molecular complexity index is 479. The monoisotopic (exact) mass is 330 g/mol. The van der Waals surface area contributed by atoms with Crippen LogP contribution in [-0.2, 0) is 4.79 Å². The molecule has 1 rings (SSSR count). The van der Waals surface area contributed by atoms with Crippen molar-refractivity contribution in [3.63, 3.8) is 0 Å². The molecule has 0 saturated heterocycles. The highest BCUT2D eigenvalue weighted by Crippen LogP contribution is 2.28. The number of carboxylic acid groups (broad SMARTS) is 1. The maximum absolute atomic E-state index is 10.9. The van der Waals surface area contributed by atoms with E-state index in [9.17, 15) is 14.9 Å². The van der Waals surface area contributed by atoms with Gasteiger partial charge < -0.3 is 10.4 Å². The van der Waals surface area contributed by atoms with Gasteiger partial charge in [0, 0.05) is 23.0 Å². The maximum Gasteiger partial charge on any atom is 0.303 e. The molecule has 1 atom stereocenters. The minimum Gasteiger partial charge on any atom is -0.481 e. The molecule has 104 valence electrons. The highest BCUT2D eigenvalue weighted by Gasteiger charge is 2.15. The van der Waals surface area contributed by atoms with Gasteiger partial charge in [0.25, 0.3) is 5.69 Å². The van der Waals surface area contributed by atoms with Crippen LogP contribution in [0.4, 0.5) is 11.4 Å². The minimum atomic E-state index is -0.832. The number of anilines is 1. The van der Waals surface area contributed by atoms with Crippen LogP contribution in [0.25, 0.3) is 0 Å². The van der Waals surface area contributed by atoms with Crippen LogP contribution in [-0.4, -0.2) is 22.0 Å². The fourth-order valence-electron chi connectivity index (χ4n) is 1.68. The van der Waals surface area contributed by atoms with Gasteiger partial charge in [-0.05, 0) is 31.9 Å². The van der Waals surface area contributed by atoms with Crippen molar-refractivity contribution in [2.75, 3.05) is 5.32 Å². The number of benzene rings is 1. The van der Waals surface area contributed by atoms with Crippen LogP contribution in [0.5, 0.6) is 0 Å². The van der Waals surface area contributed by atoms with Crippen molar-refractivity contribution in [3.05, 3.63) is 32.8 Å². The van der Waals surface area contributed by atoms with Gasteiger partial charge in [-0.2, -0.15) is 0 Å². The van der Waals surface area contributed by atoms with E-state index in [1.165, 1.54) is 6.07 Å². The Morgan fingerprint density at radius 2 is 2.26 bits per heavy atom. The SMILES string of the molecule is CC(CCCC(=O)O)Nc1ccc(Br)cc1[N+](=O)[O-]. The van der Waals surface area contributed by atoms with E-state index in [1.54, 1.807) is 12.1 Å². The van der Waals surface area contributed by atoms with Gasteiger partial charge in [-0.1, -0.05) is 15.9 Å². The average molecular weight is 331 g/mol. The molecule has 0 saturated carbocycles. The van der Waals surface area contributed by atoms with Crippen LogP contribution in [0.3, 0.4) is 0 Å². The van der Waals surface area contributed by atoms with E-state index in [2.05, 4.69) is 21.2 Å². The third-order valence-corrected chi connectivity index (χ3v) is 3.08. The largest absolute Gasteiger partial charge is 0.481 e. The lowest BCUT2D eigenvalue weighted by molar-refractivity contribution is -0.384. The summed E-state index contributed by atoms with van der Waals surface area (Å²) < 4.78 is 0.642. The number of rotatable bonds is 7. The molecular formula is C12H15BrN2O4. The molecule has 0 aromatic heterocycles. The minimum absolute atomic E-state index is 0.000500. The molecule has 19 heavy (non-hydrogen) atoms. The van der Waals surface area contributed by atoms with E-state index < -0.39 is 10.9 Å². The summed E-state index contributed by atoms with van der Waals surface area (Å²) in [6.45, 7) is 1.87. The molecule has 0 aliphatic heterocycles. The Balaban J connectivity index is 2.65. The van der Waals surface area contributed by atoms with Crippen molar-refractivity contribution >= 4 is 33.3 Å². The van der Waals surface area contributed by atoms with Crippen molar-refractivity contribution in [1.82, 2.24) is 0 Å². The Kier molecular flexibility index (Phi) is 5.75. The first-order valence-corrected chi connectivity index (χ1v) is 6.61. The lowest BCUT2D eigenvalue weighted by atomic mass is 10.1. The van der Waals surface area contributed by atoms with Gasteiger partial charge in [0.05, 0.1) is 4.92 Å². The first-order valence-electron chi connectivity index (χ1n) is 5.82. The first kappa shape index (κ1) is 15.4. The lowest BCUT2D eigenvalue weighted by Gasteiger charge is -2.14. The Morgan fingerprint density at radius 3 is 2.84 bits per heavy atom. The van der Waals surface area contributed by atoms with Crippen molar-refractivity contribution < 1.29 is 14.8 Å². The number of hydrogen-bond donors (Lipinski definition) is 2. The van der Waals surface area contributed by atoms with Crippen LogP contribution in [0, 0.1) is 10.1 Å². The van der Waals surface area contributed by atoms with Crippen molar-refractivity contribution in [1.29, 1.82) is 0 Å². The lowest BCUT2D eigenvalue weighted by Crippen LogP contribution is -2.16. The van der Waals surface area contributed by atoms with Crippen LogP contribution >= 0.6 is 15.9 Å². The number of carboxylic acids is 1. The maximum atomic E-state index is 10.9. The molecule has 1 aromatic carbocycles. The van der Waals surface area contributed by atoms with Crippen LogP contribution in [0.2, 0.25) is 0 Å². The third kappa shape index (κ3) is 5.25. The number of aliphatic carboxylic acids is 1. The molecule has 0 heterocycles. The summed E-state index contributed by atoms with van der Waals surface area (Å²) in [6, 6.07) is 4.76. The summed E-state index contributed by atoms with van der Waals surface area (Å²) >= 11 is 3.19. The van der Waals surface area contributed by atoms with Crippen LogP contribution in [0.1, 0.15) is 26.2 Å². The summed E-state index contributed by atoms with van der Waals surface area (Å²) in [6.07, 6.45) is 1.28. The zero-order valence-corrected chi connectivity index (χ0v) is 12.0. The molecule has 6 nitrogen and oxygen atoms in total. The number of hydrogen-bond acceptors (Lipinski definition) is 4. The molecule has 0 radical (unpaired) electrons. The van der Waals surface area contributed by atoms with Gasteiger partial charge in [0.2, 0.25) is 0 Å². The van der Waals surface area contributed by atoms with E-state index in [0.29, 0.717) is 23.0 Å². The summed E-state index contributed by atoms with van der Waals surface area (Å²) in [4.78, 5) is 20.9. The molecule has 1 unspecified atom stereocenters. The van der Waals surface area contributed by atoms with E-state index in [-0.39, 0.29) is 18.2 Å². The van der Waals surface area contributed by atoms with Gasteiger partial charge in [-0.3, -0.25) is 14.9 Å². The van der Waals surface area contributed by atoms with Crippen LogP contribution in [0.15, 0.2) is 22.7 Å². The number of carbonyl (C=O) groups is 1. The Morgan fingerprint density at radius 1 is 1.58 bits per heavy atom. The molecule has 1 aromatic rings. The highest BCUT2D eigenvalue weighted by molar-refractivity contribution is 9.10. The smallest absolute Gasteiger partial charge is 0.303 e. The molecule has 0 amide bonds. The zero-order chi connectivity index (χ0) is 14.4. The van der Waals surface area contributed by atoms with E-state index >= 15 is 0 Å². The normalized spacial score (nSPS) is 11.9. The van der Waals surface area contributed by atoms with Crippen molar-refractivity contribution in [3.8, 4) is 0 Å². The second kappa shape index (κ2) is 7.08. The third-order valence-electron chi connectivity index (χ3n) is 2.59. The van der Waals surface area contributed by atoms with E-state index in [0.717, 1.165) is 0 Å². The van der Waals surface area contributed by atoms with E-state index in [1.807, 2.05) is 6.92 Å². The first-order chi connectivity index (χ1) is 8.90. The molecule has 0 fully saturated rings. The van der Waals surface area contributed by atoms with Gasteiger partial charge in [0.15, 0.2) is 0 Å². The van der Waals surface area contributed by atoms with Crippen molar-refractivity contribution in [2.45, 2.75) is 32.2 Å². The van der Waals surface area contributed by atoms with Crippen molar-refractivity contribution in [2.24, 2.45) is 0 Å². The zero-order valence-electron chi connectivity index (χ0n) is 10.4. The fraction of sp³-hybridized carbons (Fsp3) is 0.417. The average Bonchev–Trinajstić information content (AvgIpc) is 2.30. The second-order valence-electron chi connectivity index (χ2n) is 4.25. The van der Waals surface area contributed by atoms with Gasteiger partial charge in [-0.15, -0.1) is 0 Å². The number of nitrogens with zero attached hydrogens (tertiary/aromatic N) is 1. The molecule has 0 bridgehead atoms. The summed E-state index contributed by atoms with van der Waals surface area (Å²) in [5, 5.41) is 22.5. The van der Waals surface area contributed by atoms with Crippen LogP contribution < -0.4 is 5.32 Å².